The van der Waals surface area contributed by atoms with Crippen molar-refractivity contribution in [2.24, 2.45) is 0 Å². The highest BCUT2D eigenvalue weighted by atomic mass is 19.1. The van der Waals surface area contributed by atoms with Crippen molar-refractivity contribution in [2.45, 2.75) is 31.1 Å². The highest BCUT2D eigenvalue weighted by molar-refractivity contribution is 5.85. The van der Waals surface area contributed by atoms with E-state index in [0.29, 0.717) is 6.54 Å². The van der Waals surface area contributed by atoms with Gasteiger partial charge in [-0.25, -0.2) is 23.7 Å². The van der Waals surface area contributed by atoms with Crippen molar-refractivity contribution in [2.75, 3.05) is 12.4 Å². The normalized spacial score (nSPS) is 21.6. The van der Waals surface area contributed by atoms with Gasteiger partial charge in [0.05, 0.1) is 11.9 Å². The molecule has 0 spiro atoms. The molecule has 4 aromatic rings. The highest BCUT2D eigenvalue weighted by Gasteiger charge is 2.47. The van der Waals surface area contributed by atoms with Crippen LogP contribution in [0.3, 0.4) is 0 Å². The topological polar surface area (TPSA) is 134 Å². The van der Waals surface area contributed by atoms with Gasteiger partial charge in [-0.05, 0) is 23.8 Å². The number of anilines is 1. The van der Waals surface area contributed by atoms with Gasteiger partial charge >= 0.3 is 0 Å². The van der Waals surface area contributed by atoms with Crippen molar-refractivity contribution >= 4 is 22.9 Å². The maximum Gasteiger partial charge on any atom is 0.251 e. The smallest absolute Gasteiger partial charge is 0.251 e. The van der Waals surface area contributed by atoms with Crippen LogP contribution in [0.2, 0.25) is 0 Å². The Labute approximate surface area is 203 Å². The number of aliphatic hydroxyl groups is 2. The van der Waals surface area contributed by atoms with E-state index >= 15 is 0 Å². The van der Waals surface area contributed by atoms with Gasteiger partial charge < -0.3 is 25.6 Å². The molecule has 1 aliphatic rings. The molecule has 1 amide bonds. The van der Waals surface area contributed by atoms with Crippen LogP contribution in [-0.4, -0.2) is 61.0 Å². The first kappa shape index (κ1) is 23.7. The lowest BCUT2D eigenvalue weighted by Crippen LogP contribution is -2.41. The number of aromatic nitrogens is 4. The Bertz CT molecular complexity index is 1420. The van der Waals surface area contributed by atoms with Gasteiger partial charge in [0.15, 0.2) is 35.1 Å². The number of carbonyl (C=O) groups is 1. The van der Waals surface area contributed by atoms with Crippen LogP contribution >= 0.6 is 0 Å². The van der Waals surface area contributed by atoms with Crippen molar-refractivity contribution in [1.29, 1.82) is 0 Å². The van der Waals surface area contributed by atoms with E-state index in [0.717, 1.165) is 23.8 Å². The predicted octanol–water partition coefficient (Wildman–Crippen LogP) is 1.75. The zero-order valence-electron chi connectivity index (χ0n) is 19.0. The zero-order chi connectivity index (χ0) is 25.4. The van der Waals surface area contributed by atoms with Gasteiger partial charge in [-0.15, -0.1) is 0 Å². The molecule has 186 valence electrons. The summed E-state index contributed by atoms with van der Waals surface area (Å²) in [6.07, 6.45) is -4.25. The van der Waals surface area contributed by atoms with Crippen molar-refractivity contribution in [3.63, 3.8) is 0 Å². The van der Waals surface area contributed by atoms with E-state index in [1.807, 2.05) is 30.3 Å². The van der Waals surface area contributed by atoms with Gasteiger partial charge in [-0.2, -0.15) is 0 Å². The van der Waals surface area contributed by atoms with E-state index in [2.05, 4.69) is 25.6 Å². The summed E-state index contributed by atoms with van der Waals surface area (Å²) in [4.78, 5) is 25.2. The highest BCUT2D eigenvalue weighted by Crippen LogP contribution is 2.34. The summed E-state index contributed by atoms with van der Waals surface area (Å²) < 4.78 is 35.5. The number of imidazole rings is 1. The molecule has 3 heterocycles. The number of nitrogens with one attached hydrogen (secondary N) is 2. The molecule has 1 fully saturated rings. The molecule has 1 aliphatic heterocycles. The average molecular weight is 496 g/mol. The molecule has 2 aromatic carbocycles. The number of likely N-dealkylation sites (N-methyl/N-ethyl adjacent to an activating group) is 1. The minimum Gasteiger partial charge on any atom is -0.387 e. The molecule has 0 saturated carbocycles. The van der Waals surface area contributed by atoms with Crippen LogP contribution in [0.5, 0.6) is 0 Å². The molecule has 0 bridgehead atoms. The summed E-state index contributed by atoms with van der Waals surface area (Å²) in [5.41, 5.74) is 1.14. The number of rotatable bonds is 6. The summed E-state index contributed by atoms with van der Waals surface area (Å²) >= 11 is 0. The molecular weight excluding hydrogens is 474 g/mol. The lowest BCUT2D eigenvalue weighted by atomic mass is 10.1. The summed E-state index contributed by atoms with van der Waals surface area (Å²) in [6, 6.07) is 12.4. The van der Waals surface area contributed by atoms with Gasteiger partial charge in [-0.1, -0.05) is 30.3 Å². The molecule has 3 unspecified atom stereocenters. The van der Waals surface area contributed by atoms with Gasteiger partial charge in [0.2, 0.25) is 0 Å². The van der Waals surface area contributed by atoms with Gasteiger partial charge in [-0.3, -0.25) is 9.36 Å². The molecule has 0 radical (unpaired) electrons. The van der Waals surface area contributed by atoms with Crippen LogP contribution in [0.15, 0.2) is 54.9 Å². The lowest BCUT2D eigenvalue weighted by molar-refractivity contribution is -0.137. The van der Waals surface area contributed by atoms with E-state index in [9.17, 15) is 23.8 Å². The van der Waals surface area contributed by atoms with E-state index in [1.165, 1.54) is 17.9 Å². The first-order valence-electron chi connectivity index (χ1n) is 11.1. The number of hydrogen-bond acceptors (Lipinski definition) is 8. The Balaban J connectivity index is 1.61. The fourth-order valence-electron chi connectivity index (χ4n) is 4.05. The molecule has 0 aliphatic carbocycles. The number of amides is 1. The van der Waals surface area contributed by atoms with Crippen LogP contribution in [0.25, 0.3) is 22.6 Å². The predicted molar refractivity (Wildman–Crippen MR) is 124 cm³/mol. The maximum absolute atomic E-state index is 14.6. The second kappa shape index (κ2) is 9.57. The molecule has 12 heteroatoms. The van der Waals surface area contributed by atoms with Crippen molar-refractivity contribution in [3.05, 3.63) is 72.1 Å². The van der Waals surface area contributed by atoms with Crippen LogP contribution in [-0.2, 0) is 16.1 Å². The number of ether oxygens (including phenoxy) is 1. The fraction of sp³-hybridized carbons (Fsp3) is 0.250. The van der Waals surface area contributed by atoms with E-state index in [4.69, 9.17) is 4.74 Å². The third-order valence-corrected chi connectivity index (χ3v) is 5.91. The third kappa shape index (κ3) is 4.26. The molecular formula is C24H22F2N6O4. The summed E-state index contributed by atoms with van der Waals surface area (Å²) in [5, 5.41) is 26.5. The molecule has 10 nitrogen and oxygen atoms in total. The van der Waals surface area contributed by atoms with E-state index in [1.54, 1.807) is 0 Å². The van der Waals surface area contributed by atoms with Crippen molar-refractivity contribution in [3.8, 4) is 11.4 Å². The van der Waals surface area contributed by atoms with Gasteiger partial charge in [0, 0.05) is 13.6 Å². The molecule has 5 rings (SSSR count). The number of fused-ring (bicyclic) bond motifs is 1. The minimum absolute atomic E-state index is 0.119. The van der Waals surface area contributed by atoms with Crippen LogP contribution in [0, 0.1) is 11.6 Å². The van der Waals surface area contributed by atoms with Gasteiger partial charge in [0.1, 0.15) is 23.8 Å². The average Bonchev–Trinajstić information content (AvgIpc) is 3.44. The second-order valence-corrected chi connectivity index (χ2v) is 8.23. The Hall–Kier alpha value is -4.00. The Morgan fingerprint density at radius 3 is 2.64 bits per heavy atom. The van der Waals surface area contributed by atoms with E-state index < -0.39 is 42.1 Å². The Morgan fingerprint density at radius 2 is 1.89 bits per heavy atom. The summed E-state index contributed by atoms with van der Waals surface area (Å²) in [6.45, 7) is 0.352. The monoisotopic (exact) mass is 496 g/mol. The zero-order valence-corrected chi connectivity index (χ0v) is 19.0. The third-order valence-electron chi connectivity index (χ3n) is 5.91. The van der Waals surface area contributed by atoms with Crippen molar-refractivity contribution < 1.29 is 28.5 Å². The summed E-state index contributed by atoms with van der Waals surface area (Å²) in [7, 11) is 1.38. The molecule has 36 heavy (non-hydrogen) atoms. The quantitative estimate of drug-likeness (QED) is 0.317. The summed E-state index contributed by atoms with van der Waals surface area (Å²) in [5.74, 6) is -1.92. The fourth-order valence-corrected chi connectivity index (χ4v) is 4.05. The Kier molecular flexibility index (Phi) is 6.31. The first-order valence-corrected chi connectivity index (χ1v) is 11.1. The molecule has 1 saturated heterocycles. The molecule has 4 atom stereocenters. The SMILES string of the molecule is CNC(=O)[C@@H]1OC(n2cnc3c(NCc4ccccc4)nc(-c4cc(F)ccc4F)nc32)C(O)C1O. The molecule has 4 N–H and O–H groups in total. The van der Waals surface area contributed by atoms with Crippen molar-refractivity contribution in [1.82, 2.24) is 24.8 Å². The van der Waals surface area contributed by atoms with Crippen LogP contribution < -0.4 is 10.6 Å². The lowest BCUT2D eigenvalue weighted by Gasteiger charge is -2.17. The van der Waals surface area contributed by atoms with E-state index in [-0.39, 0.29) is 28.4 Å². The minimum atomic E-state index is -1.51. The number of hydrogen-bond donors (Lipinski definition) is 4. The number of halogens is 2. The molecule has 2 aromatic heterocycles. The first-order chi connectivity index (χ1) is 17.4. The largest absolute Gasteiger partial charge is 0.387 e. The number of nitrogens with zero attached hydrogens (tertiary/aromatic N) is 4. The standard InChI is InChI=1S/C24H22F2N6O4/c1-27-23(35)19-17(33)18(34)24(36-19)32-11-29-16-21(28-10-12-5-3-2-4-6-12)30-20(31-22(16)32)14-9-13(25)7-8-15(14)26/h2-9,11,17-19,24,33-34H,10H2,1H3,(H,27,35)(H,28,30,31)/t17?,18?,19-,24?/m1/s1. The number of aliphatic hydroxyl groups excluding tert-OH is 2. The van der Waals surface area contributed by atoms with Crippen LogP contribution in [0.4, 0.5) is 14.6 Å². The van der Waals surface area contributed by atoms with Crippen LogP contribution in [0.1, 0.15) is 11.8 Å². The maximum atomic E-state index is 14.6. The second-order valence-electron chi connectivity index (χ2n) is 8.23. The van der Waals surface area contributed by atoms with Gasteiger partial charge in [0.25, 0.3) is 5.91 Å². The Morgan fingerprint density at radius 1 is 1.11 bits per heavy atom. The number of benzene rings is 2. The number of carbonyl (C=O) groups excluding carboxylic acids is 1.